The molecular weight excluding hydrogens is 335 g/mol. The molecule has 7 heteroatoms. The molecule has 1 aromatic rings. The van der Waals surface area contributed by atoms with E-state index in [0.717, 1.165) is 50.5 Å². The second kappa shape index (κ2) is 8.71. The molecule has 2 fully saturated rings. The van der Waals surface area contributed by atoms with E-state index < -0.39 is 0 Å². The van der Waals surface area contributed by atoms with Gasteiger partial charge in [-0.15, -0.1) is 24.8 Å². The second-order valence-electron chi connectivity index (χ2n) is 6.39. The lowest BCUT2D eigenvalue weighted by atomic mass is 9.82. The number of rotatable bonds is 3. The summed E-state index contributed by atoms with van der Waals surface area (Å²) < 4.78 is 0. The number of hydrogen-bond donors (Lipinski definition) is 2. The van der Waals surface area contributed by atoms with E-state index >= 15 is 0 Å². The van der Waals surface area contributed by atoms with Crippen LogP contribution < -0.4 is 15.5 Å². The van der Waals surface area contributed by atoms with Gasteiger partial charge in [0.15, 0.2) is 0 Å². The fourth-order valence-electron chi connectivity index (χ4n) is 3.13. The molecule has 0 aromatic carbocycles. The van der Waals surface area contributed by atoms with E-state index in [2.05, 4.69) is 20.5 Å². The quantitative estimate of drug-likeness (QED) is 0.869. The van der Waals surface area contributed by atoms with Crippen molar-refractivity contribution < 1.29 is 4.79 Å². The Morgan fingerprint density at radius 3 is 2.57 bits per heavy atom. The molecule has 0 radical (unpaired) electrons. The van der Waals surface area contributed by atoms with Crippen LogP contribution in [0.3, 0.4) is 0 Å². The number of pyridine rings is 1. The van der Waals surface area contributed by atoms with Gasteiger partial charge in [0.05, 0.1) is 17.3 Å². The number of hydrogen-bond acceptors (Lipinski definition) is 4. The average Bonchev–Trinajstić information content (AvgIpc) is 3.03. The third-order valence-electron chi connectivity index (χ3n) is 4.58. The normalized spacial score (nSPS) is 23.6. The molecular formula is C16H26Cl2N4O. The number of anilines is 2. The van der Waals surface area contributed by atoms with Crippen molar-refractivity contribution in [3.05, 3.63) is 18.3 Å². The monoisotopic (exact) mass is 360 g/mol. The number of nitrogens with zero attached hydrogens (tertiary/aromatic N) is 2. The molecule has 130 valence electrons. The molecule has 1 unspecified atom stereocenters. The molecule has 0 saturated carbocycles. The molecule has 5 nitrogen and oxygen atoms in total. The van der Waals surface area contributed by atoms with Gasteiger partial charge in [-0.3, -0.25) is 4.79 Å². The Morgan fingerprint density at radius 1 is 1.26 bits per heavy atom. The number of piperidine rings is 1. The molecule has 3 rings (SSSR count). The largest absolute Gasteiger partial charge is 0.357 e. The molecule has 23 heavy (non-hydrogen) atoms. The van der Waals surface area contributed by atoms with Crippen LogP contribution in [0, 0.1) is 5.41 Å². The van der Waals surface area contributed by atoms with Crippen LogP contribution in [0.4, 0.5) is 11.5 Å². The van der Waals surface area contributed by atoms with Gasteiger partial charge in [-0.25, -0.2) is 4.98 Å². The lowest BCUT2D eigenvalue weighted by Gasteiger charge is -2.32. The minimum atomic E-state index is -0.314. The average molecular weight is 361 g/mol. The van der Waals surface area contributed by atoms with Crippen molar-refractivity contribution >= 4 is 42.2 Å². The maximum absolute atomic E-state index is 12.4. The fraction of sp³-hybridized carbons (Fsp3) is 0.625. The number of nitrogens with one attached hydrogen (secondary N) is 2. The molecule has 2 N–H and O–H groups in total. The third-order valence-corrected chi connectivity index (χ3v) is 4.58. The SMILES string of the molecule is CC1(C(=O)Nc2ccc(N3CCCC3)nc2)CCCNC1.Cl.Cl. The highest BCUT2D eigenvalue weighted by Gasteiger charge is 2.34. The smallest absolute Gasteiger partial charge is 0.231 e. The van der Waals surface area contributed by atoms with Crippen LogP contribution in [-0.4, -0.2) is 37.1 Å². The van der Waals surface area contributed by atoms with Gasteiger partial charge in [0.1, 0.15) is 5.82 Å². The highest BCUT2D eigenvalue weighted by Crippen LogP contribution is 2.27. The Balaban J connectivity index is 0.00000132. The van der Waals surface area contributed by atoms with Crippen molar-refractivity contribution in [1.29, 1.82) is 0 Å². The summed E-state index contributed by atoms with van der Waals surface area (Å²) in [6.07, 6.45) is 6.24. The zero-order chi connectivity index (χ0) is 14.7. The Morgan fingerprint density at radius 2 is 2.00 bits per heavy atom. The summed E-state index contributed by atoms with van der Waals surface area (Å²) in [7, 11) is 0. The van der Waals surface area contributed by atoms with Crippen LogP contribution in [0.2, 0.25) is 0 Å². The third kappa shape index (κ3) is 4.72. The van der Waals surface area contributed by atoms with Gasteiger partial charge in [0.2, 0.25) is 5.91 Å². The number of amides is 1. The standard InChI is InChI=1S/C16H24N4O.2ClH/c1-16(7-4-8-17-12-16)15(21)19-13-5-6-14(18-11-13)20-9-2-3-10-20;;/h5-6,11,17H,2-4,7-10,12H2,1H3,(H,19,21);2*1H. The van der Waals surface area contributed by atoms with Crippen LogP contribution in [-0.2, 0) is 4.79 Å². The minimum Gasteiger partial charge on any atom is -0.357 e. The zero-order valence-corrected chi connectivity index (χ0v) is 15.1. The van der Waals surface area contributed by atoms with E-state index in [4.69, 9.17) is 0 Å². The van der Waals surface area contributed by atoms with E-state index in [0.29, 0.717) is 0 Å². The molecule has 1 atom stereocenters. The van der Waals surface area contributed by atoms with Crippen LogP contribution in [0.5, 0.6) is 0 Å². The van der Waals surface area contributed by atoms with E-state index in [-0.39, 0.29) is 36.1 Å². The van der Waals surface area contributed by atoms with Crippen LogP contribution in [0.1, 0.15) is 32.6 Å². The van der Waals surface area contributed by atoms with Crippen LogP contribution in [0.15, 0.2) is 18.3 Å². The van der Waals surface area contributed by atoms with Crippen molar-refractivity contribution in [3.8, 4) is 0 Å². The molecule has 3 heterocycles. The maximum atomic E-state index is 12.4. The Kier molecular flexibility index (Phi) is 7.58. The minimum absolute atomic E-state index is 0. The summed E-state index contributed by atoms with van der Waals surface area (Å²) in [6.45, 7) is 5.96. The molecule has 2 saturated heterocycles. The summed E-state index contributed by atoms with van der Waals surface area (Å²) >= 11 is 0. The van der Waals surface area contributed by atoms with Gasteiger partial charge in [0, 0.05) is 19.6 Å². The Labute approximate surface area is 150 Å². The van der Waals surface area contributed by atoms with Crippen molar-refractivity contribution in [1.82, 2.24) is 10.3 Å². The first-order chi connectivity index (χ1) is 10.2. The predicted molar refractivity (Wildman–Crippen MR) is 99.0 cm³/mol. The van der Waals surface area contributed by atoms with E-state index in [1.54, 1.807) is 6.20 Å². The highest BCUT2D eigenvalue weighted by molar-refractivity contribution is 5.95. The first-order valence-electron chi connectivity index (χ1n) is 7.91. The van der Waals surface area contributed by atoms with Gasteiger partial charge in [-0.05, 0) is 51.3 Å². The highest BCUT2D eigenvalue weighted by atomic mass is 35.5. The summed E-state index contributed by atoms with van der Waals surface area (Å²) in [5.41, 5.74) is 0.473. The van der Waals surface area contributed by atoms with E-state index in [9.17, 15) is 4.79 Å². The Bertz CT molecular complexity index is 497. The number of carbonyl (C=O) groups is 1. The molecule has 2 aliphatic rings. The molecule has 0 bridgehead atoms. The van der Waals surface area contributed by atoms with E-state index in [1.807, 2.05) is 19.1 Å². The van der Waals surface area contributed by atoms with Gasteiger partial charge >= 0.3 is 0 Å². The van der Waals surface area contributed by atoms with Crippen LogP contribution >= 0.6 is 24.8 Å². The van der Waals surface area contributed by atoms with Crippen molar-refractivity contribution in [2.45, 2.75) is 32.6 Å². The van der Waals surface area contributed by atoms with Crippen molar-refractivity contribution in [2.75, 3.05) is 36.4 Å². The van der Waals surface area contributed by atoms with Gasteiger partial charge in [0.25, 0.3) is 0 Å². The first-order valence-corrected chi connectivity index (χ1v) is 7.91. The summed E-state index contributed by atoms with van der Waals surface area (Å²) in [4.78, 5) is 19.2. The second-order valence-corrected chi connectivity index (χ2v) is 6.39. The van der Waals surface area contributed by atoms with Crippen molar-refractivity contribution in [3.63, 3.8) is 0 Å². The molecule has 2 aliphatic heterocycles. The molecule has 0 aliphatic carbocycles. The maximum Gasteiger partial charge on any atom is 0.231 e. The van der Waals surface area contributed by atoms with Gasteiger partial charge in [-0.2, -0.15) is 0 Å². The lowest BCUT2D eigenvalue weighted by molar-refractivity contribution is -0.125. The predicted octanol–water partition coefficient (Wildman–Crippen LogP) is 2.85. The fourth-order valence-corrected chi connectivity index (χ4v) is 3.13. The summed E-state index contributed by atoms with van der Waals surface area (Å²) in [5.74, 6) is 1.10. The molecule has 1 amide bonds. The lowest BCUT2D eigenvalue weighted by Crippen LogP contribution is -2.46. The topological polar surface area (TPSA) is 57.3 Å². The summed E-state index contributed by atoms with van der Waals surface area (Å²) in [5, 5.41) is 6.32. The van der Waals surface area contributed by atoms with Crippen molar-refractivity contribution in [2.24, 2.45) is 5.41 Å². The van der Waals surface area contributed by atoms with Crippen LogP contribution in [0.25, 0.3) is 0 Å². The van der Waals surface area contributed by atoms with Gasteiger partial charge < -0.3 is 15.5 Å². The number of halogens is 2. The number of aromatic nitrogens is 1. The summed E-state index contributed by atoms with van der Waals surface area (Å²) in [6, 6.07) is 3.96. The van der Waals surface area contributed by atoms with Gasteiger partial charge in [-0.1, -0.05) is 0 Å². The molecule has 0 spiro atoms. The Hall–Kier alpha value is -1.04. The zero-order valence-electron chi connectivity index (χ0n) is 13.5. The van der Waals surface area contributed by atoms with E-state index in [1.165, 1.54) is 12.8 Å². The first kappa shape index (κ1) is 20.0. The molecule has 1 aromatic heterocycles. The number of carbonyl (C=O) groups excluding carboxylic acids is 1.